The van der Waals surface area contributed by atoms with Crippen molar-refractivity contribution in [3.63, 3.8) is 0 Å². The number of likely N-dealkylation sites (N-methyl/N-ethyl adjacent to an activating group) is 1. The summed E-state index contributed by atoms with van der Waals surface area (Å²) in [7, 11) is 1.20. The second-order valence-corrected chi connectivity index (χ2v) is 18.8. The quantitative estimate of drug-likeness (QED) is 0.0525. The minimum atomic E-state index is -1.51. The molecule has 3 atom stereocenters. The zero-order chi connectivity index (χ0) is 52.9. The summed E-state index contributed by atoms with van der Waals surface area (Å²) in [5.41, 5.74) is 9.60. The lowest BCUT2D eigenvalue weighted by Crippen LogP contribution is -2.49. The van der Waals surface area contributed by atoms with Crippen molar-refractivity contribution in [1.29, 1.82) is 0 Å². The number of amides is 5. The Kier molecular flexibility index (Phi) is 17.2. The lowest BCUT2D eigenvalue weighted by molar-refractivity contribution is -0.152. The molecule has 0 spiro atoms. The number of hydrogen-bond acceptors (Lipinski definition) is 11. The van der Waals surface area contributed by atoms with Crippen molar-refractivity contribution in [2.45, 2.75) is 118 Å². The van der Waals surface area contributed by atoms with Gasteiger partial charge in [0.05, 0.1) is 39.8 Å². The average Bonchev–Trinajstić information content (AvgIpc) is 4.00. The van der Waals surface area contributed by atoms with E-state index < -0.39 is 92.0 Å². The summed E-state index contributed by atoms with van der Waals surface area (Å²) in [5, 5.41) is 28.3. The molecule has 5 amide bonds. The number of fused-ring (bicyclic) bond motifs is 8. The summed E-state index contributed by atoms with van der Waals surface area (Å²) in [5.74, 6) is -9.27. The lowest BCUT2D eigenvalue weighted by atomic mass is 9.84. The molecule has 20 heteroatoms. The molecule has 0 fully saturated rings. The van der Waals surface area contributed by atoms with Crippen molar-refractivity contribution >= 4 is 80.7 Å². The van der Waals surface area contributed by atoms with E-state index in [0.29, 0.717) is 64.5 Å². The molecule has 0 aliphatic carbocycles. The van der Waals surface area contributed by atoms with Crippen LogP contribution in [0.4, 0.5) is 0 Å². The summed E-state index contributed by atoms with van der Waals surface area (Å²) in [6, 6.07) is 5.84. The van der Waals surface area contributed by atoms with Gasteiger partial charge in [-0.2, -0.15) is 0 Å². The number of aromatic nitrogens is 4. The first-order valence-electron chi connectivity index (χ1n) is 24.5. The van der Waals surface area contributed by atoms with Gasteiger partial charge in [0, 0.05) is 66.3 Å². The van der Waals surface area contributed by atoms with Gasteiger partial charge in [-0.1, -0.05) is 40.5 Å². The highest BCUT2D eigenvalue weighted by Crippen LogP contribution is 2.45. The number of imide groups is 1. The fourth-order valence-electron chi connectivity index (χ4n) is 9.74. The number of carboxylic acid groups (broad SMARTS) is 3. The van der Waals surface area contributed by atoms with E-state index in [1.807, 2.05) is 59.7 Å². The maximum Gasteiger partial charge on any atom is 0.323 e. The van der Waals surface area contributed by atoms with Crippen LogP contribution in [0.15, 0.2) is 18.2 Å². The second kappa shape index (κ2) is 22.9. The van der Waals surface area contributed by atoms with E-state index in [2.05, 4.69) is 23.8 Å². The largest absolute Gasteiger partial charge is 0.480 e. The fraction of sp³-hybridized carbons (Fsp3) is 0.500. The number of carboxylic acids is 3. The molecule has 0 saturated heterocycles. The lowest BCUT2D eigenvalue weighted by Gasteiger charge is -2.28. The molecule has 8 bridgehead atoms. The van der Waals surface area contributed by atoms with Crippen molar-refractivity contribution in [3.05, 3.63) is 68.8 Å². The SMILES string of the molecule is CCCCOC(C)c1c(C)c2cc3nc(c4c5[nH]c(cc6nc(cc1[nH]2)C(C)=C6CC)c(C)c5C(=O)N(CCCC)C4=O)[C@@H](CCC(=O)N(CC(=O)N(C)CC(=O)O)CC(=O)N(CC(=O)O)CC(=O)O)[C@@H]3C. The van der Waals surface area contributed by atoms with Gasteiger partial charge in [0.2, 0.25) is 17.7 Å². The number of H-pyrrole nitrogens is 2. The third-order valence-corrected chi connectivity index (χ3v) is 13.8. The highest BCUT2D eigenvalue weighted by Gasteiger charge is 2.41. The molecule has 0 aromatic carbocycles. The van der Waals surface area contributed by atoms with Gasteiger partial charge in [0.15, 0.2) is 0 Å². The van der Waals surface area contributed by atoms with E-state index in [9.17, 15) is 48.9 Å². The monoisotopic (exact) mass is 994 g/mol. The molecule has 6 heterocycles. The van der Waals surface area contributed by atoms with Crippen molar-refractivity contribution in [2.75, 3.05) is 52.9 Å². The van der Waals surface area contributed by atoms with Gasteiger partial charge in [-0.05, 0) is 93.9 Å². The number of unbranched alkanes of at least 4 members (excludes halogenated alkanes) is 2. The average molecular weight is 995 g/mol. The van der Waals surface area contributed by atoms with Crippen molar-refractivity contribution < 1.29 is 58.4 Å². The first-order chi connectivity index (χ1) is 34.1. The van der Waals surface area contributed by atoms with Crippen molar-refractivity contribution in [1.82, 2.24) is 39.5 Å². The van der Waals surface area contributed by atoms with Crippen LogP contribution >= 0.6 is 0 Å². The minimum Gasteiger partial charge on any atom is -0.480 e. The third-order valence-electron chi connectivity index (χ3n) is 13.8. The molecule has 5 N–H and O–H groups in total. The fourth-order valence-corrected chi connectivity index (χ4v) is 9.74. The second-order valence-electron chi connectivity index (χ2n) is 18.8. The normalized spacial score (nSPS) is 15.7. The number of hydrogen-bond donors (Lipinski definition) is 5. The van der Waals surface area contributed by atoms with Crippen LogP contribution in [0.2, 0.25) is 0 Å². The molecule has 1 unspecified atom stereocenters. The molecule has 3 aliphatic heterocycles. The molecule has 3 aromatic rings. The third kappa shape index (κ3) is 11.4. The number of carbonyl (C=O) groups excluding carboxylic acids is 5. The molecule has 3 aromatic heterocycles. The number of rotatable bonds is 22. The molecule has 0 saturated carbocycles. The maximum atomic E-state index is 15.0. The van der Waals surface area contributed by atoms with Gasteiger partial charge in [0.25, 0.3) is 11.8 Å². The Hall–Kier alpha value is -7.22. The summed E-state index contributed by atoms with van der Waals surface area (Å²) in [6.45, 7) is 12.1. The van der Waals surface area contributed by atoms with Crippen LogP contribution in [-0.4, -0.2) is 155 Å². The number of allylic oxidation sites excluding steroid dienone is 2. The summed E-state index contributed by atoms with van der Waals surface area (Å²) >= 11 is 0. The van der Waals surface area contributed by atoms with Crippen LogP contribution in [0, 0.1) is 13.8 Å². The van der Waals surface area contributed by atoms with Crippen LogP contribution in [0.25, 0.3) is 33.2 Å². The van der Waals surface area contributed by atoms with Crippen LogP contribution in [0.1, 0.15) is 165 Å². The van der Waals surface area contributed by atoms with Crippen LogP contribution in [0.3, 0.4) is 0 Å². The Morgan fingerprint density at radius 2 is 1.33 bits per heavy atom. The topological polar surface area (TPSA) is 277 Å². The van der Waals surface area contributed by atoms with Crippen LogP contribution < -0.4 is 0 Å². The van der Waals surface area contributed by atoms with Gasteiger partial charge in [-0.25, -0.2) is 4.98 Å². The van der Waals surface area contributed by atoms with E-state index in [-0.39, 0.29) is 36.6 Å². The predicted molar refractivity (Wildman–Crippen MR) is 267 cm³/mol. The van der Waals surface area contributed by atoms with Gasteiger partial charge in [-0.3, -0.25) is 48.2 Å². The molecular weight excluding hydrogens is 929 g/mol. The smallest absolute Gasteiger partial charge is 0.323 e. The Morgan fingerprint density at radius 1 is 0.736 bits per heavy atom. The van der Waals surface area contributed by atoms with E-state index >= 15 is 4.79 Å². The maximum absolute atomic E-state index is 15.0. The van der Waals surface area contributed by atoms with Gasteiger partial charge in [-0.15, -0.1) is 0 Å². The molecule has 3 aliphatic rings. The van der Waals surface area contributed by atoms with E-state index in [1.165, 1.54) is 11.9 Å². The zero-order valence-electron chi connectivity index (χ0n) is 42.6. The predicted octanol–water partition coefficient (Wildman–Crippen LogP) is 6.58. The van der Waals surface area contributed by atoms with E-state index in [4.69, 9.17) is 14.7 Å². The Labute approximate surface area is 417 Å². The molecule has 6 rings (SSSR count). The van der Waals surface area contributed by atoms with E-state index in [1.54, 1.807) is 0 Å². The summed E-state index contributed by atoms with van der Waals surface area (Å²) in [6.07, 6.45) is 3.04. The van der Waals surface area contributed by atoms with Gasteiger partial charge >= 0.3 is 17.9 Å². The Morgan fingerprint density at radius 3 is 1.96 bits per heavy atom. The zero-order valence-corrected chi connectivity index (χ0v) is 42.6. The number of nitrogens with zero attached hydrogens (tertiary/aromatic N) is 6. The standard InChI is InChI=1S/C52H66N8O12/c1-10-13-17-60-51(70)47-30(7)37-20-38-32(12-3)27(4)34(53-38)21-39-46(31(8)72-18-14-11-2)29(6)36(54-39)19-35-28(5)33(49(55-35)48(52(60)71)50(47)56-37)15-16-40(61)58(22-41(62)57(9)24-43(64)65)23-42(63)59(25-44(66)67)26-45(68)69/h19-21,28,31,33,54,56H,10-18,22-26H2,1-9H3,(H,64,65)(H,66,67)(H,68,69)/t28-,31?,33-/m0/s1. The molecule has 386 valence electrons. The molecule has 72 heavy (non-hydrogen) atoms. The van der Waals surface area contributed by atoms with Crippen molar-refractivity contribution in [3.8, 4) is 0 Å². The number of carbonyl (C=O) groups is 8. The highest BCUT2D eigenvalue weighted by atomic mass is 16.5. The number of aromatic amines is 2. The summed E-state index contributed by atoms with van der Waals surface area (Å²) < 4.78 is 6.39. The first-order valence-corrected chi connectivity index (χ1v) is 24.5. The summed E-state index contributed by atoms with van der Waals surface area (Å²) in [4.78, 5) is 127. The molecular formula is C52H66N8O12. The Balaban J connectivity index is 1.58. The first kappa shape index (κ1) is 54.1. The minimum absolute atomic E-state index is 0.0168. The number of nitrogens with one attached hydrogen (secondary N) is 2. The molecule has 0 radical (unpaired) electrons. The number of aryl methyl sites for hydroxylation is 2. The van der Waals surface area contributed by atoms with Crippen LogP contribution in [-0.2, 0) is 33.5 Å². The van der Waals surface area contributed by atoms with Crippen LogP contribution in [0.5, 0.6) is 0 Å². The number of ether oxygens (including phenoxy) is 1. The highest BCUT2D eigenvalue weighted by molar-refractivity contribution is 6.23. The van der Waals surface area contributed by atoms with E-state index in [0.717, 1.165) is 61.6 Å². The number of aliphatic carboxylic acids is 3. The van der Waals surface area contributed by atoms with Gasteiger partial charge < -0.3 is 44.7 Å². The van der Waals surface area contributed by atoms with Crippen molar-refractivity contribution in [2.24, 2.45) is 0 Å². The molecule has 20 nitrogen and oxygen atoms in total. The van der Waals surface area contributed by atoms with Gasteiger partial charge in [0.1, 0.15) is 32.7 Å². The Bertz CT molecular complexity index is 2880.